The van der Waals surface area contributed by atoms with Crippen molar-refractivity contribution >= 4 is 17.4 Å². The summed E-state index contributed by atoms with van der Waals surface area (Å²) in [5, 5.41) is 0. The number of ketones is 1. The van der Waals surface area contributed by atoms with E-state index >= 15 is 0 Å². The van der Waals surface area contributed by atoms with Crippen LogP contribution in [0, 0.1) is 18.8 Å². The van der Waals surface area contributed by atoms with Crippen molar-refractivity contribution in [2.45, 2.75) is 34.6 Å². The zero-order valence-electron chi connectivity index (χ0n) is 14.4. The van der Waals surface area contributed by atoms with Crippen molar-refractivity contribution in [3.8, 4) is 0 Å². The van der Waals surface area contributed by atoms with Gasteiger partial charge in [-0.3, -0.25) is 9.59 Å². The number of benzene rings is 1. The van der Waals surface area contributed by atoms with E-state index in [-0.39, 0.29) is 23.5 Å². The van der Waals surface area contributed by atoms with Crippen LogP contribution in [0.15, 0.2) is 52.6 Å². The molecule has 0 heterocycles. The minimum absolute atomic E-state index is 0.0664. The van der Waals surface area contributed by atoms with Gasteiger partial charge in [0.1, 0.15) is 0 Å². The maximum atomic E-state index is 12.5. The predicted octanol–water partition coefficient (Wildman–Crippen LogP) is 4.32. The molecule has 120 valence electrons. The maximum Gasteiger partial charge on any atom is 0.277 e. The van der Waals surface area contributed by atoms with Crippen LogP contribution in [0.1, 0.15) is 43.6 Å². The van der Waals surface area contributed by atoms with Crippen LogP contribution < -0.4 is 0 Å². The summed E-state index contributed by atoms with van der Waals surface area (Å²) in [6, 6.07) is 7.33. The first-order valence-electron chi connectivity index (χ1n) is 7.97. The lowest BCUT2D eigenvalue weighted by molar-refractivity contribution is -0.113. The van der Waals surface area contributed by atoms with Gasteiger partial charge in [0.15, 0.2) is 5.78 Å². The van der Waals surface area contributed by atoms with E-state index in [1.54, 1.807) is 24.3 Å². The van der Waals surface area contributed by atoms with Crippen LogP contribution in [0.25, 0.3) is 0 Å². The standard InChI is InChI=1S/C20H23NO2/c1-12(2)17-10-16(11-18(13(3)4)19(17)22)21-20(23)15-8-6-14(5)7-9-15/h6-13H,1-5H3. The van der Waals surface area contributed by atoms with Crippen LogP contribution >= 0.6 is 0 Å². The molecule has 1 amide bonds. The van der Waals surface area contributed by atoms with Gasteiger partial charge < -0.3 is 0 Å². The Morgan fingerprint density at radius 2 is 1.39 bits per heavy atom. The molecule has 0 saturated heterocycles. The highest BCUT2D eigenvalue weighted by molar-refractivity contribution is 6.24. The Labute approximate surface area is 137 Å². The van der Waals surface area contributed by atoms with Gasteiger partial charge in [0.2, 0.25) is 0 Å². The number of rotatable bonds is 3. The SMILES string of the molecule is Cc1ccc(C(=O)N=C2C=C(C(C)C)C(=O)C(C(C)C)=C2)cc1. The minimum Gasteiger partial charge on any atom is -0.289 e. The summed E-state index contributed by atoms with van der Waals surface area (Å²) in [5.41, 5.74) is 3.64. The molecule has 0 saturated carbocycles. The molecule has 1 aliphatic carbocycles. The summed E-state index contributed by atoms with van der Waals surface area (Å²) in [5.74, 6) is -0.0148. The van der Waals surface area contributed by atoms with Gasteiger partial charge in [-0.25, -0.2) is 4.99 Å². The Morgan fingerprint density at radius 3 is 1.83 bits per heavy atom. The maximum absolute atomic E-state index is 12.5. The molecule has 0 unspecified atom stereocenters. The molecule has 1 aromatic rings. The Balaban J connectivity index is 2.40. The first-order chi connectivity index (χ1) is 10.8. The molecule has 0 radical (unpaired) electrons. The molecule has 0 aromatic heterocycles. The minimum atomic E-state index is -0.284. The van der Waals surface area contributed by atoms with Crippen LogP contribution in [0.5, 0.6) is 0 Å². The number of nitrogens with zero attached hydrogens (tertiary/aromatic N) is 1. The van der Waals surface area contributed by atoms with Crippen molar-refractivity contribution in [1.29, 1.82) is 0 Å². The largest absolute Gasteiger partial charge is 0.289 e. The third kappa shape index (κ3) is 3.92. The monoisotopic (exact) mass is 309 g/mol. The van der Waals surface area contributed by atoms with E-state index in [1.165, 1.54) is 0 Å². The number of hydrogen-bond donors (Lipinski definition) is 0. The zero-order chi connectivity index (χ0) is 17.1. The second kappa shape index (κ2) is 6.86. The van der Waals surface area contributed by atoms with Crippen LogP contribution in [0.4, 0.5) is 0 Å². The zero-order valence-corrected chi connectivity index (χ0v) is 14.4. The molecule has 1 aliphatic rings. The lowest BCUT2D eigenvalue weighted by Gasteiger charge is -2.19. The normalized spacial score (nSPS) is 14.9. The molecular formula is C20H23NO2. The number of amides is 1. The van der Waals surface area contributed by atoms with Crippen molar-refractivity contribution in [3.05, 3.63) is 58.7 Å². The van der Waals surface area contributed by atoms with Crippen LogP contribution in [-0.4, -0.2) is 17.4 Å². The van der Waals surface area contributed by atoms with Crippen molar-refractivity contribution in [2.75, 3.05) is 0 Å². The van der Waals surface area contributed by atoms with Gasteiger partial charge in [-0.15, -0.1) is 0 Å². The summed E-state index contributed by atoms with van der Waals surface area (Å²) >= 11 is 0. The highest BCUT2D eigenvalue weighted by atomic mass is 16.1. The average Bonchev–Trinajstić information content (AvgIpc) is 2.48. The summed E-state index contributed by atoms with van der Waals surface area (Å²) in [6.45, 7) is 9.89. The number of aryl methyl sites for hydroxylation is 1. The van der Waals surface area contributed by atoms with E-state index in [1.807, 2.05) is 46.8 Å². The summed E-state index contributed by atoms with van der Waals surface area (Å²) in [7, 11) is 0. The summed E-state index contributed by atoms with van der Waals surface area (Å²) < 4.78 is 0. The van der Waals surface area contributed by atoms with Gasteiger partial charge in [-0.1, -0.05) is 45.4 Å². The summed E-state index contributed by atoms with van der Waals surface area (Å²) in [4.78, 5) is 29.0. The Bertz CT molecular complexity index is 687. The summed E-state index contributed by atoms with van der Waals surface area (Å²) in [6.07, 6.45) is 3.48. The second-order valence-electron chi connectivity index (χ2n) is 6.55. The molecule has 0 N–H and O–H groups in total. The number of hydrogen-bond acceptors (Lipinski definition) is 2. The first-order valence-corrected chi connectivity index (χ1v) is 7.97. The van der Waals surface area contributed by atoms with Crippen molar-refractivity contribution in [3.63, 3.8) is 0 Å². The van der Waals surface area contributed by atoms with Crippen LogP contribution in [0.3, 0.4) is 0 Å². The van der Waals surface area contributed by atoms with E-state index < -0.39 is 0 Å². The highest BCUT2D eigenvalue weighted by Crippen LogP contribution is 2.25. The van der Waals surface area contributed by atoms with E-state index in [9.17, 15) is 9.59 Å². The third-order valence-corrected chi connectivity index (χ3v) is 3.90. The van der Waals surface area contributed by atoms with Crippen molar-refractivity contribution < 1.29 is 9.59 Å². The lowest BCUT2D eigenvalue weighted by atomic mass is 9.84. The molecule has 3 heteroatoms. The topological polar surface area (TPSA) is 46.5 Å². The smallest absolute Gasteiger partial charge is 0.277 e. The molecule has 0 bridgehead atoms. The number of carbonyl (C=O) groups excluding carboxylic acids is 2. The Morgan fingerprint density at radius 1 is 0.913 bits per heavy atom. The Kier molecular flexibility index (Phi) is 5.09. The number of allylic oxidation sites excluding steroid dienone is 4. The first kappa shape index (κ1) is 17.1. The van der Waals surface area contributed by atoms with Crippen molar-refractivity contribution in [1.82, 2.24) is 0 Å². The molecule has 0 spiro atoms. The number of Topliss-reactive ketones (excluding diaryl/α,β-unsaturated/α-hetero) is 1. The number of aliphatic imine (C=N–C) groups is 1. The van der Waals surface area contributed by atoms with Gasteiger partial charge in [-0.05, 0) is 43.0 Å². The fraction of sp³-hybridized carbons (Fsp3) is 0.350. The molecule has 0 fully saturated rings. The van der Waals surface area contributed by atoms with Gasteiger partial charge in [-0.2, -0.15) is 0 Å². The lowest BCUT2D eigenvalue weighted by Crippen LogP contribution is -2.21. The fourth-order valence-electron chi connectivity index (χ4n) is 2.46. The number of carbonyl (C=O) groups is 2. The molecule has 1 aromatic carbocycles. The van der Waals surface area contributed by atoms with E-state index in [0.717, 1.165) is 5.56 Å². The fourth-order valence-corrected chi connectivity index (χ4v) is 2.46. The van der Waals surface area contributed by atoms with Crippen LogP contribution in [-0.2, 0) is 4.79 Å². The van der Waals surface area contributed by atoms with E-state index in [4.69, 9.17) is 0 Å². The third-order valence-electron chi connectivity index (χ3n) is 3.90. The average molecular weight is 309 g/mol. The van der Waals surface area contributed by atoms with E-state index in [2.05, 4.69) is 4.99 Å². The van der Waals surface area contributed by atoms with E-state index in [0.29, 0.717) is 22.4 Å². The molecule has 2 rings (SSSR count). The second-order valence-corrected chi connectivity index (χ2v) is 6.55. The molecule has 0 atom stereocenters. The Hall–Kier alpha value is -2.29. The highest BCUT2D eigenvalue weighted by Gasteiger charge is 2.25. The molecule has 3 nitrogen and oxygen atoms in total. The van der Waals surface area contributed by atoms with Gasteiger partial charge in [0.25, 0.3) is 5.91 Å². The predicted molar refractivity (Wildman–Crippen MR) is 93.8 cm³/mol. The van der Waals surface area contributed by atoms with Crippen LogP contribution in [0.2, 0.25) is 0 Å². The van der Waals surface area contributed by atoms with Crippen molar-refractivity contribution in [2.24, 2.45) is 16.8 Å². The van der Waals surface area contributed by atoms with Gasteiger partial charge >= 0.3 is 0 Å². The van der Waals surface area contributed by atoms with Gasteiger partial charge in [0.05, 0.1) is 5.71 Å². The van der Waals surface area contributed by atoms with Gasteiger partial charge in [0, 0.05) is 16.7 Å². The molecule has 23 heavy (non-hydrogen) atoms. The molecule has 0 aliphatic heterocycles. The molecular weight excluding hydrogens is 286 g/mol. The quantitative estimate of drug-likeness (QED) is 0.780.